The molecule has 0 unspecified atom stereocenters. The molecule has 3 aromatic heterocycles. The molecule has 0 radical (unpaired) electrons. The number of hydrogen-bond donors (Lipinski definition) is 0. The lowest BCUT2D eigenvalue weighted by molar-refractivity contribution is 1.07. The molecule has 0 aliphatic rings. The Morgan fingerprint density at radius 2 is 0.633 bits per heavy atom. The molecular formula is C43H28BrN5. The standard InChI is InChI=1S/C43H28BrN5/c44-40-22-20-30(21-23-40)37-5-1-4-36(26-37)29-8-14-33(15-9-29)41-47-42(34-16-10-31(11-17-34)38-6-2-24-45-27-38)49-43(48-41)35-18-12-32(13-19-35)39-7-3-25-46-28-39/h1-28H. The van der Waals surface area contributed by atoms with E-state index in [9.17, 15) is 0 Å². The van der Waals surface area contributed by atoms with E-state index in [0.29, 0.717) is 17.5 Å². The second-order valence-electron chi connectivity index (χ2n) is 11.6. The maximum Gasteiger partial charge on any atom is 0.164 e. The van der Waals surface area contributed by atoms with Crippen molar-refractivity contribution in [2.45, 2.75) is 0 Å². The predicted octanol–water partition coefficient (Wildman–Crippen LogP) is 11.1. The first-order chi connectivity index (χ1) is 24.2. The summed E-state index contributed by atoms with van der Waals surface area (Å²) in [6, 6.07) is 49.9. The highest BCUT2D eigenvalue weighted by Gasteiger charge is 2.14. The molecule has 6 heteroatoms. The maximum atomic E-state index is 4.98. The zero-order valence-corrected chi connectivity index (χ0v) is 27.9. The van der Waals surface area contributed by atoms with Gasteiger partial charge in [-0.2, -0.15) is 0 Å². The summed E-state index contributed by atoms with van der Waals surface area (Å²) in [5.41, 5.74) is 11.6. The number of rotatable bonds is 7. The first-order valence-electron chi connectivity index (χ1n) is 15.9. The fourth-order valence-electron chi connectivity index (χ4n) is 5.79. The van der Waals surface area contributed by atoms with Crippen LogP contribution in [0.25, 0.3) is 78.7 Å². The van der Waals surface area contributed by atoms with E-state index in [0.717, 1.165) is 54.5 Å². The van der Waals surface area contributed by atoms with Crippen LogP contribution < -0.4 is 0 Å². The van der Waals surface area contributed by atoms with Crippen molar-refractivity contribution in [3.05, 3.63) is 175 Å². The predicted molar refractivity (Wildman–Crippen MR) is 201 cm³/mol. The average molecular weight is 695 g/mol. The molecule has 5 nitrogen and oxygen atoms in total. The van der Waals surface area contributed by atoms with Gasteiger partial charge in [0.15, 0.2) is 17.5 Å². The van der Waals surface area contributed by atoms with Crippen LogP contribution in [0.15, 0.2) is 175 Å². The molecule has 0 amide bonds. The fraction of sp³-hybridized carbons (Fsp3) is 0. The van der Waals surface area contributed by atoms with Gasteiger partial charge in [0.05, 0.1) is 0 Å². The highest BCUT2D eigenvalue weighted by atomic mass is 79.9. The van der Waals surface area contributed by atoms with Gasteiger partial charge in [0.25, 0.3) is 0 Å². The molecule has 0 atom stereocenters. The molecule has 5 aromatic carbocycles. The van der Waals surface area contributed by atoms with Gasteiger partial charge in [-0.1, -0.05) is 131 Å². The summed E-state index contributed by atoms with van der Waals surface area (Å²) in [7, 11) is 0. The average Bonchev–Trinajstić information content (AvgIpc) is 3.19. The molecule has 0 aliphatic heterocycles. The summed E-state index contributed by atoms with van der Waals surface area (Å²) in [4.78, 5) is 23.5. The number of benzene rings is 5. The zero-order chi connectivity index (χ0) is 33.0. The number of nitrogens with zero attached hydrogens (tertiary/aromatic N) is 5. The molecule has 0 aliphatic carbocycles. The Morgan fingerprint density at radius 1 is 0.306 bits per heavy atom. The van der Waals surface area contributed by atoms with Crippen LogP contribution in [0.3, 0.4) is 0 Å². The summed E-state index contributed by atoms with van der Waals surface area (Å²) in [5, 5.41) is 0. The Balaban J connectivity index is 1.15. The van der Waals surface area contributed by atoms with E-state index in [-0.39, 0.29) is 0 Å². The van der Waals surface area contributed by atoms with Gasteiger partial charge in [0.1, 0.15) is 0 Å². The number of pyridine rings is 2. The van der Waals surface area contributed by atoms with Crippen molar-refractivity contribution in [2.24, 2.45) is 0 Å². The van der Waals surface area contributed by atoms with Crippen molar-refractivity contribution < 1.29 is 0 Å². The largest absolute Gasteiger partial charge is 0.264 e. The molecule has 0 spiro atoms. The molecule has 0 saturated carbocycles. The smallest absolute Gasteiger partial charge is 0.164 e. The minimum atomic E-state index is 0.611. The highest BCUT2D eigenvalue weighted by molar-refractivity contribution is 9.10. The Kier molecular flexibility index (Phi) is 8.36. The van der Waals surface area contributed by atoms with E-state index in [1.807, 2.05) is 24.5 Å². The molecule has 0 saturated heterocycles. The monoisotopic (exact) mass is 693 g/mol. The normalized spacial score (nSPS) is 11.0. The summed E-state index contributed by atoms with van der Waals surface area (Å²) < 4.78 is 1.07. The summed E-state index contributed by atoms with van der Waals surface area (Å²) in [6.07, 6.45) is 7.29. The van der Waals surface area contributed by atoms with Gasteiger partial charge < -0.3 is 0 Å². The molecule has 8 rings (SSSR count). The molecule has 8 aromatic rings. The van der Waals surface area contributed by atoms with Crippen LogP contribution in [0.5, 0.6) is 0 Å². The van der Waals surface area contributed by atoms with E-state index >= 15 is 0 Å². The lowest BCUT2D eigenvalue weighted by Gasteiger charge is -2.11. The van der Waals surface area contributed by atoms with Gasteiger partial charge >= 0.3 is 0 Å². The van der Waals surface area contributed by atoms with Crippen LogP contribution in [0.4, 0.5) is 0 Å². The van der Waals surface area contributed by atoms with Crippen LogP contribution in [0.2, 0.25) is 0 Å². The second kappa shape index (κ2) is 13.6. The van der Waals surface area contributed by atoms with Crippen molar-refractivity contribution in [1.82, 2.24) is 24.9 Å². The van der Waals surface area contributed by atoms with Gasteiger partial charge in [-0.25, -0.2) is 15.0 Å². The lowest BCUT2D eigenvalue weighted by atomic mass is 9.98. The summed E-state index contributed by atoms with van der Waals surface area (Å²) in [6.45, 7) is 0. The summed E-state index contributed by atoms with van der Waals surface area (Å²) in [5.74, 6) is 1.84. The van der Waals surface area contributed by atoms with Crippen molar-refractivity contribution in [3.63, 3.8) is 0 Å². The van der Waals surface area contributed by atoms with E-state index in [1.54, 1.807) is 12.4 Å². The molecule has 0 bridgehead atoms. The van der Waals surface area contributed by atoms with Crippen molar-refractivity contribution in [3.8, 4) is 78.7 Å². The van der Waals surface area contributed by atoms with E-state index in [2.05, 4.69) is 159 Å². The van der Waals surface area contributed by atoms with Gasteiger partial charge in [-0.15, -0.1) is 0 Å². The fourth-order valence-corrected chi connectivity index (χ4v) is 6.05. The van der Waals surface area contributed by atoms with Gasteiger partial charge in [-0.05, 0) is 74.8 Å². The van der Waals surface area contributed by atoms with E-state index in [1.165, 1.54) is 11.1 Å². The minimum Gasteiger partial charge on any atom is -0.264 e. The molecule has 0 fully saturated rings. The molecule has 232 valence electrons. The van der Waals surface area contributed by atoms with Crippen LogP contribution in [-0.2, 0) is 0 Å². The Labute approximate surface area is 293 Å². The molecule has 0 N–H and O–H groups in total. The van der Waals surface area contributed by atoms with E-state index in [4.69, 9.17) is 15.0 Å². The lowest BCUT2D eigenvalue weighted by Crippen LogP contribution is -2.00. The second-order valence-corrected chi connectivity index (χ2v) is 12.5. The van der Waals surface area contributed by atoms with Crippen LogP contribution >= 0.6 is 15.9 Å². The van der Waals surface area contributed by atoms with Crippen LogP contribution in [0.1, 0.15) is 0 Å². The summed E-state index contributed by atoms with van der Waals surface area (Å²) >= 11 is 3.54. The van der Waals surface area contributed by atoms with Gasteiger partial charge in [0.2, 0.25) is 0 Å². The molecule has 3 heterocycles. The third kappa shape index (κ3) is 6.68. The molecule has 49 heavy (non-hydrogen) atoms. The topological polar surface area (TPSA) is 64.5 Å². The van der Waals surface area contributed by atoms with Crippen molar-refractivity contribution in [1.29, 1.82) is 0 Å². The minimum absolute atomic E-state index is 0.611. The third-order valence-electron chi connectivity index (χ3n) is 8.43. The number of halogens is 1. The van der Waals surface area contributed by atoms with E-state index < -0.39 is 0 Å². The SMILES string of the molecule is Brc1ccc(-c2cccc(-c3ccc(-c4nc(-c5ccc(-c6cccnc6)cc5)nc(-c5ccc(-c6cccnc6)cc5)n4)cc3)c2)cc1. The Bertz CT molecular complexity index is 2240. The van der Waals surface area contributed by atoms with Crippen LogP contribution in [0, 0.1) is 0 Å². The number of aromatic nitrogens is 5. The van der Waals surface area contributed by atoms with Crippen molar-refractivity contribution in [2.75, 3.05) is 0 Å². The third-order valence-corrected chi connectivity index (χ3v) is 8.96. The maximum absolute atomic E-state index is 4.98. The molecular weight excluding hydrogens is 666 g/mol. The first-order valence-corrected chi connectivity index (χ1v) is 16.7. The highest BCUT2D eigenvalue weighted by Crippen LogP contribution is 2.31. The van der Waals surface area contributed by atoms with Crippen molar-refractivity contribution >= 4 is 15.9 Å². The quantitative estimate of drug-likeness (QED) is 0.166. The Hall–Kier alpha value is -6.11. The van der Waals surface area contributed by atoms with Gasteiger partial charge in [-0.3, -0.25) is 9.97 Å². The first kappa shape index (κ1) is 30.2. The van der Waals surface area contributed by atoms with Gasteiger partial charge in [0, 0.05) is 46.0 Å². The number of hydrogen-bond acceptors (Lipinski definition) is 5. The Morgan fingerprint density at radius 3 is 1.00 bits per heavy atom. The zero-order valence-electron chi connectivity index (χ0n) is 26.3. The van der Waals surface area contributed by atoms with Crippen LogP contribution in [-0.4, -0.2) is 24.9 Å².